The van der Waals surface area contributed by atoms with Crippen molar-refractivity contribution in [3.05, 3.63) is 0 Å². The Kier molecular flexibility index (Phi) is 2.39. The molecule has 2 fully saturated rings. The van der Waals surface area contributed by atoms with Crippen molar-refractivity contribution in [2.75, 3.05) is 6.54 Å². The van der Waals surface area contributed by atoms with Gasteiger partial charge in [0.25, 0.3) is 0 Å². The first-order valence-electron chi connectivity index (χ1n) is 5.88. The van der Waals surface area contributed by atoms with E-state index in [0.29, 0.717) is 10.8 Å². The van der Waals surface area contributed by atoms with Gasteiger partial charge in [0, 0.05) is 0 Å². The fraction of sp³-hybridized carbons (Fsp3) is 1.00. The maximum Gasteiger partial charge on any atom is -0.00203 e. The van der Waals surface area contributed by atoms with Crippen molar-refractivity contribution in [1.29, 1.82) is 0 Å². The van der Waals surface area contributed by atoms with Crippen LogP contribution in [-0.4, -0.2) is 6.54 Å². The average molecular weight is 181 g/mol. The van der Waals surface area contributed by atoms with E-state index in [4.69, 9.17) is 5.73 Å². The highest BCUT2D eigenvalue weighted by molar-refractivity contribution is 4.94. The summed E-state index contributed by atoms with van der Waals surface area (Å²) in [4.78, 5) is 0. The van der Waals surface area contributed by atoms with Crippen LogP contribution in [0.5, 0.6) is 0 Å². The van der Waals surface area contributed by atoms with E-state index in [1.807, 2.05) is 0 Å². The Hall–Kier alpha value is -0.0400. The van der Waals surface area contributed by atoms with E-state index in [2.05, 4.69) is 6.92 Å². The highest BCUT2D eigenvalue weighted by Gasteiger charge is 2.42. The van der Waals surface area contributed by atoms with E-state index in [-0.39, 0.29) is 0 Å². The minimum atomic E-state index is 0.551. The molecule has 0 heterocycles. The highest BCUT2D eigenvalue weighted by Crippen LogP contribution is 2.53. The van der Waals surface area contributed by atoms with Crippen molar-refractivity contribution in [2.45, 2.75) is 58.3 Å². The summed E-state index contributed by atoms with van der Waals surface area (Å²) < 4.78 is 0. The molecule has 0 aromatic carbocycles. The molecule has 1 heteroatoms. The monoisotopic (exact) mass is 181 g/mol. The van der Waals surface area contributed by atoms with E-state index in [0.717, 1.165) is 6.54 Å². The van der Waals surface area contributed by atoms with Crippen molar-refractivity contribution in [3.8, 4) is 0 Å². The third kappa shape index (κ3) is 1.76. The molecular formula is C12H23N. The summed E-state index contributed by atoms with van der Waals surface area (Å²) in [6.07, 6.45) is 11.4. The Bertz CT molecular complexity index is 176. The van der Waals surface area contributed by atoms with Gasteiger partial charge in [0.15, 0.2) is 0 Å². The average Bonchev–Trinajstić information content (AvgIpc) is 2.51. The summed E-state index contributed by atoms with van der Waals surface area (Å²) in [5, 5.41) is 0. The summed E-state index contributed by atoms with van der Waals surface area (Å²) in [6, 6.07) is 0. The summed E-state index contributed by atoms with van der Waals surface area (Å²) in [5.74, 6) is 0. The molecule has 0 spiro atoms. The Morgan fingerprint density at radius 1 is 1.00 bits per heavy atom. The normalized spacial score (nSPS) is 30.0. The van der Waals surface area contributed by atoms with Crippen LogP contribution < -0.4 is 5.73 Å². The lowest BCUT2D eigenvalue weighted by Crippen LogP contribution is -2.37. The molecule has 76 valence electrons. The van der Waals surface area contributed by atoms with Crippen LogP contribution in [0.15, 0.2) is 0 Å². The maximum atomic E-state index is 5.95. The molecule has 0 aromatic rings. The second-order valence-electron chi connectivity index (χ2n) is 5.75. The van der Waals surface area contributed by atoms with Crippen LogP contribution >= 0.6 is 0 Å². The molecule has 1 nitrogen and oxygen atoms in total. The number of nitrogens with two attached hydrogens (primary N) is 1. The Balaban J connectivity index is 1.96. The number of hydrogen-bond donors (Lipinski definition) is 1. The van der Waals surface area contributed by atoms with Gasteiger partial charge in [-0.05, 0) is 49.5 Å². The largest absolute Gasteiger partial charge is 0.330 e. The molecule has 2 N–H and O–H groups in total. The smallest absolute Gasteiger partial charge is 0.00203 e. The summed E-state index contributed by atoms with van der Waals surface area (Å²) in [6.45, 7) is 3.40. The minimum Gasteiger partial charge on any atom is -0.330 e. The van der Waals surface area contributed by atoms with Crippen molar-refractivity contribution < 1.29 is 0 Å². The van der Waals surface area contributed by atoms with Crippen LogP contribution in [0.3, 0.4) is 0 Å². The first kappa shape index (κ1) is 9.51. The maximum absolute atomic E-state index is 5.95. The lowest BCUT2D eigenvalue weighted by atomic mass is 9.61. The highest BCUT2D eigenvalue weighted by atomic mass is 14.6. The molecule has 2 rings (SSSR count). The first-order chi connectivity index (χ1) is 6.18. The van der Waals surface area contributed by atoms with Crippen LogP contribution in [0.2, 0.25) is 0 Å². The number of rotatable bonds is 3. The molecule has 2 aliphatic rings. The molecule has 0 aromatic heterocycles. The van der Waals surface area contributed by atoms with Gasteiger partial charge >= 0.3 is 0 Å². The lowest BCUT2D eigenvalue weighted by Gasteiger charge is -2.45. The van der Waals surface area contributed by atoms with Crippen LogP contribution in [-0.2, 0) is 0 Å². The van der Waals surface area contributed by atoms with Gasteiger partial charge < -0.3 is 5.73 Å². The first-order valence-corrected chi connectivity index (χ1v) is 5.88. The third-order valence-electron chi connectivity index (χ3n) is 4.46. The van der Waals surface area contributed by atoms with E-state index >= 15 is 0 Å². The van der Waals surface area contributed by atoms with E-state index in [1.54, 1.807) is 0 Å². The predicted molar refractivity (Wildman–Crippen MR) is 56.5 cm³/mol. The molecule has 0 aliphatic heterocycles. The zero-order valence-electron chi connectivity index (χ0n) is 8.94. The quantitative estimate of drug-likeness (QED) is 0.711. The topological polar surface area (TPSA) is 26.0 Å². The van der Waals surface area contributed by atoms with Gasteiger partial charge in [0.05, 0.1) is 0 Å². The van der Waals surface area contributed by atoms with E-state index in [1.165, 1.54) is 51.4 Å². The molecule has 0 amide bonds. The second-order valence-corrected chi connectivity index (χ2v) is 5.75. The fourth-order valence-corrected chi connectivity index (χ4v) is 3.44. The Morgan fingerprint density at radius 3 is 2.00 bits per heavy atom. The molecule has 0 atom stereocenters. The van der Waals surface area contributed by atoms with Gasteiger partial charge in [0.2, 0.25) is 0 Å². The molecule has 0 unspecified atom stereocenters. The van der Waals surface area contributed by atoms with Crippen molar-refractivity contribution in [2.24, 2.45) is 16.6 Å². The molecule has 2 saturated carbocycles. The molecule has 0 bridgehead atoms. The van der Waals surface area contributed by atoms with Crippen LogP contribution in [0.25, 0.3) is 0 Å². The molecular weight excluding hydrogens is 158 g/mol. The summed E-state index contributed by atoms with van der Waals surface area (Å²) >= 11 is 0. The Morgan fingerprint density at radius 2 is 1.62 bits per heavy atom. The van der Waals surface area contributed by atoms with Gasteiger partial charge in [0.1, 0.15) is 0 Å². The molecule has 2 aliphatic carbocycles. The minimum absolute atomic E-state index is 0.551. The zero-order chi connectivity index (χ0) is 9.36. The summed E-state index contributed by atoms with van der Waals surface area (Å²) in [7, 11) is 0. The van der Waals surface area contributed by atoms with Crippen LogP contribution in [0.1, 0.15) is 58.3 Å². The van der Waals surface area contributed by atoms with E-state index in [9.17, 15) is 0 Å². The standard InChI is InChI=1S/C12H23N/c1-11(5-4-6-11)9-12(10-13)7-2-3-8-12/h2-10,13H2,1H3. The van der Waals surface area contributed by atoms with Crippen molar-refractivity contribution >= 4 is 0 Å². The van der Waals surface area contributed by atoms with Crippen molar-refractivity contribution in [1.82, 2.24) is 0 Å². The van der Waals surface area contributed by atoms with Crippen LogP contribution in [0.4, 0.5) is 0 Å². The zero-order valence-corrected chi connectivity index (χ0v) is 8.94. The van der Waals surface area contributed by atoms with Gasteiger partial charge in [-0.15, -0.1) is 0 Å². The molecule has 0 saturated heterocycles. The van der Waals surface area contributed by atoms with Gasteiger partial charge in [-0.2, -0.15) is 0 Å². The Labute approximate surface area is 82.1 Å². The van der Waals surface area contributed by atoms with Gasteiger partial charge in [-0.1, -0.05) is 26.2 Å². The molecule has 13 heavy (non-hydrogen) atoms. The lowest BCUT2D eigenvalue weighted by molar-refractivity contribution is 0.0723. The second kappa shape index (κ2) is 3.27. The van der Waals surface area contributed by atoms with Crippen LogP contribution in [0, 0.1) is 10.8 Å². The van der Waals surface area contributed by atoms with Gasteiger partial charge in [-0.25, -0.2) is 0 Å². The summed E-state index contributed by atoms with van der Waals surface area (Å²) in [5.41, 5.74) is 7.18. The fourth-order valence-electron chi connectivity index (χ4n) is 3.44. The van der Waals surface area contributed by atoms with Crippen molar-refractivity contribution in [3.63, 3.8) is 0 Å². The predicted octanol–water partition coefficient (Wildman–Crippen LogP) is 3.09. The van der Waals surface area contributed by atoms with E-state index < -0.39 is 0 Å². The number of hydrogen-bond acceptors (Lipinski definition) is 1. The third-order valence-corrected chi connectivity index (χ3v) is 4.46. The van der Waals surface area contributed by atoms with Gasteiger partial charge in [-0.3, -0.25) is 0 Å². The molecule has 0 radical (unpaired) electrons. The SMILES string of the molecule is CC1(CC2(CN)CCCC2)CCC1.